The molecule has 1 aliphatic heterocycles. The zero-order valence-corrected chi connectivity index (χ0v) is 16.8. The smallest absolute Gasteiger partial charge is 0.341 e. The van der Waals surface area contributed by atoms with Gasteiger partial charge in [0.25, 0.3) is 0 Å². The van der Waals surface area contributed by atoms with Crippen LogP contribution in [-0.2, 0) is 9.53 Å². The van der Waals surface area contributed by atoms with Crippen LogP contribution in [0.25, 0.3) is 0 Å². The Morgan fingerprint density at radius 1 is 1.35 bits per heavy atom. The molecule has 6 unspecified atom stereocenters. The van der Waals surface area contributed by atoms with Crippen LogP contribution < -0.4 is 0 Å². The number of rotatable bonds is 1. The maximum Gasteiger partial charge on any atom is 0.341 e. The van der Waals surface area contributed by atoms with Crippen LogP contribution in [0.4, 0.5) is 0 Å². The number of carbonyl (C=O) groups excluding carboxylic acids is 1. The molecular weight excluding hydrogens is 328 g/mol. The molecule has 1 spiro atoms. The van der Waals surface area contributed by atoms with Gasteiger partial charge in [-0.1, -0.05) is 52.2 Å². The number of aliphatic hydroxyl groups excluding tert-OH is 2. The van der Waals surface area contributed by atoms with E-state index in [2.05, 4.69) is 33.8 Å². The van der Waals surface area contributed by atoms with Crippen molar-refractivity contribution < 1.29 is 19.7 Å². The summed E-state index contributed by atoms with van der Waals surface area (Å²) in [4.78, 5) is 12.8. The molecule has 4 nitrogen and oxygen atoms in total. The van der Waals surface area contributed by atoms with Gasteiger partial charge >= 0.3 is 5.97 Å². The zero-order valence-electron chi connectivity index (χ0n) is 16.8. The summed E-state index contributed by atoms with van der Waals surface area (Å²) in [5.74, 6) is 0.116. The van der Waals surface area contributed by atoms with E-state index in [0.29, 0.717) is 12.3 Å². The third kappa shape index (κ3) is 2.81. The molecule has 2 bridgehead atoms. The van der Waals surface area contributed by atoms with Gasteiger partial charge in [0.15, 0.2) is 11.4 Å². The highest BCUT2D eigenvalue weighted by molar-refractivity contribution is 5.94. The van der Waals surface area contributed by atoms with Crippen LogP contribution in [-0.4, -0.2) is 27.9 Å². The first-order chi connectivity index (χ1) is 12.1. The van der Waals surface area contributed by atoms with Gasteiger partial charge < -0.3 is 14.9 Å². The fourth-order valence-corrected chi connectivity index (χ4v) is 5.56. The fourth-order valence-electron chi connectivity index (χ4n) is 5.56. The second-order valence-electron chi connectivity index (χ2n) is 9.25. The topological polar surface area (TPSA) is 66.8 Å². The Morgan fingerprint density at radius 3 is 2.69 bits per heavy atom. The maximum absolute atomic E-state index is 12.8. The van der Waals surface area contributed by atoms with Crippen LogP contribution in [0.1, 0.15) is 73.1 Å². The van der Waals surface area contributed by atoms with E-state index in [0.717, 1.165) is 32.1 Å². The number of esters is 1. The van der Waals surface area contributed by atoms with E-state index >= 15 is 0 Å². The SMILES string of the molecule is CCC1CC23OC(=O)C(=C2O)C(O)C(C)CC(C)CCCC3(C)C=C1C. The molecule has 6 atom stereocenters. The number of hydrogen-bond acceptors (Lipinski definition) is 4. The lowest BCUT2D eigenvalue weighted by molar-refractivity contribution is -0.163. The van der Waals surface area contributed by atoms with Gasteiger partial charge in [0, 0.05) is 11.8 Å². The molecule has 0 aromatic heterocycles. The van der Waals surface area contributed by atoms with Gasteiger partial charge in [-0.3, -0.25) is 0 Å². The molecule has 0 amide bonds. The quantitative estimate of drug-likeness (QED) is 0.525. The van der Waals surface area contributed by atoms with Crippen LogP contribution in [0.15, 0.2) is 23.0 Å². The van der Waals surface area contributed by atoms with Crippen LogP contribution in [0.3, 0.4) is 0 Å². The summed E-state index contributed by atoms with van der Waals surface area (Å²) in [6.45, 7) is 10.5. The van der Waals surface area contributed by atoms with Crippen LogP contribution >= 0.6 is 0 Å². The van der Waals surface area contributed by atoms with E-state index in [1.165, 1.54) is 5.57 Å². The molecule has 3 aliphatic rings. The Labute approximate surface area is 157 Å². The first kappa shape index (κ1) is 19.5. The van der Waals surface area contributed by atoms with Crippen LogP contribution in [0, 0.1) is 23.2 Å². The molecule has 4 heteroatoms. The van der Waals surface area contributed by atoms with E-state index in [1.54, 1.807) is 0 Å². The number of hydrogen-bond donors (Lipinski definition) is 2. The minimum absolute atomic E-state index is 0.0129. The third-order valence-corrected chi connectivity index (χ3v) is 7.27. The van der Waals surface area contributed by atoms with Crippen molar-refractivity contribution in [3.63, 3.8) is 0 Å². The monoisotopic (exact) mass is 362 g/mol. The minimum Gasteiger partial charge on any atom is -0.507 e. The van der Waals surface area contributed by atoms with Crippen molar-refractivity contribution in [2.24, 2.45) is 23.2 Å². The number of allylic oxidation sites excluding steroid dienone is 1. The van der Waals surface area contributed by atoms with Crippen LogP contribution in [0.5, 0.6) is 0 Å². The first-order valence-electron chi connectivity index (χ1n) is 10.2. The van der Waals surface area contributed by atoms with Gasteiger partial charge in [-0.05, 0) is 43.9 Å². The van der Waals surface area contributed by atoms with Crippen molar-refractivity contribution in [3.8, 4) is 0 Å². The molecule has 2 N–H and O–H groups in total. The molecule has 146 valence electrons. The van der Waals surface area contributed by atoms with E-state index < -0.39 is 23.1 Å². The number of aliphatic hydroxyl groups is 2. The highest BCUT2D eigenvalue weighted by atomic mass is 16.6. The van der Waals surface area contributed by atoms with Gasteiger partial charge in [-0.15, -0.1) is 0 Å². The van der Waals surface area contributed by atoms with Crippen molar-refractivity contribution in [3.05, 3.63) is 23.0 Å². The molecule has 0 saturated heterocycles. The minimum atomic E-state index is -1.03. The van der Waals surface area contributed by atoms with Gasteiger partial charge in [-0.2, -0.15) is 0 Å². The lowest BCUT2D eigenvalue weighted by Crippen LogP contribution is -2.51. The van der Waals surface area contributed by atoms with E-state index in [-0.39, 0.29) is 23.2 Å². The Bertz CT molecular complexity index is 649. The third-order valence-electron chi connectivity index (χ3n) is 7.27. The van der Waals surface area contributed by atoms with Crippen molar-refractivity contribution in [1.29, 1.82) is 0 Å². The normalized spacial score (nSPS) is 44.1. The number of ether oxygens (including phenoxy) is 1. The summed E-state index contributed by atoms with van der Waals surface area (Å²) >= 11 is 0. The molecule has 0 aromatic rings. The van der Waals surface area contributed by atoms with Crippen molar-refractivity contribution >= 4 is 5.97 Å². The molecular formula is C22H34O4. The van der Waals surface area contributed by atoms with Crippen LogP contribution in [0.2, 0.25) is 0 Å². The Kier molecular flexibility index (Phi) is 5.02. The summed E-state index contributed by atoms with van der Waals surface area (Å²) in [6.07, 6.45) is 6.59. The lowest BCUT2D eigenvalue weighted by Gasteiger charge is -2.49. The molecule has 0 saturated carbocycles. The van der Waals surface area contributed by atoms with Gasteiger partial charge in [0.2, 0.25) is 0 Å². The average Bonchev–Trinajstić information content (AvgIpc) is 2.81. The van der Waals surface area contributed by atoms with Gasteiger partial charge in [0.05, 0.1) is 6.10 Å². The van der Waals surface area contributed by atoms with Crippen molar-refractivity contribution in [2.45, 2.75) is 84.8 Å². The molecule has 3 rings (SSSR count). The summed E-state index contributed by atoms with van der Waals surface area (Å²) in [5, 5.41) is 22.1. The largest absolute Gasteiger partial charge is 0.507 e. The Hall–Kier alpha value is -1.29. The highest BCUT2D eigenvalue weighted by Gasteiger charge is 2.62. The predicted octanol–water partition coefficient (Wildman–Crippen LogP) is 4.68. The van der Waals surface area contributed by atoms with E-state index in [1.807, 2.05) is 6.92 Å². The summed E-state index contributed by atoms with van der Waals surface area (Å²) in [6, 6.07) is 0. The molecule has 2 aliphatic carbocycles. The van der Waals surface area contributed by atoms with Crippen molar-refractivity contribution in [2.75, 3.05) is 0 Å². The first-order valence-corrected chi connectivity index (χ1v) is 10.2. The molecule has 26 heavy (non-hydrogen) atoms. The second-order valence-corrected chi connectivity index (χ2v) is 9.25. The predicted molar refractivity (Wildman–Crippen MR) is 102 cm³/mol. The lowest BCUT2D eigenvalue weighted by atomic mass is 9.60. The second kappa shape index (κ2) is 6.70. The van der Waals surface area contributed by atoms with Crippen molar-refractivity contribution in [1.82, 2.24) is 0 Å². The average molecular weight is 363 g/mol. The molecule has 1 heterocycles. The highest BCUT2D eigenvalue weighted by Crippen LogP contribution is 2.57. The van der Waals surface area contributed by atoms with Gasteiger partial charge in [0.1, 0.15) is 5.57 Å². The summed E-state index contributed by atoms with van der Waals surface area (Å²) in [5.41, 5.74) is -0.0686. The Balaban J connectivity index is 2.17. The summed E-state index contributed by atoms with van der Waals surface area (Å²) < 4.78 is 5.96. The van der Waals surface area contributed by atoms with E-state index in [4.69, 9.17) is 4.74 Å². The molecule has 0 fully saturated rings. The summed E-state index contributed by atoms with van der Waals surface area (Å²) in [7, 11) is 0. The maximum atomic E-state index is 12.8. The zero-order chi connectivity index (χ0) is 19.3. The van der Waals surface area contributed by atoms with Gasteiger partial charge in [-0.25, -0.2) is 4.79 Å². The standard InChI is InChI=1S/C22H34O4/c1-6-16-12-22-19(24)17(20(25)26-22)18(23)14(3)10-13(2)8-7-9-21(22,5)11-15(16)4/h11,13-14,16,18,23-24H,6-10,12H2,1-5H3. The fraction of sp³-hybridized carbons (Fsp3) is 0.773. The number of carbonyl (C=O) groups is 1. The molecule has 0 radical (unpaired) electrons. The molecule has 0 aromatic carbocycles. The Morgan fingerprint density at radius 2 is 2.04 bits per heavy atom. The van der Waals surface area contributed by atoms with E-state index in [9.17, 15) is 15.0 Å².